The van der Waals surface area contributed by atoms with Crippen LogP contribution in [0.5, 0.6) is 11.5 Å². The second kappa shape index (κ2) is 6.86. The molecule has 1 fully saturated rings. The van der Waals surface area contributed by atoms with Crippen molar-refractivity contribution in [3.05, 3.63) is 29.5 Å². The largest absolute Gasteiger partial charge is 0.497 e. The van der Waals surface area contributed by atoms with Crippen molar-refractivity contribution in [2.75, 3.05) is 20.8 Å². The lowest BCUT2D eigenvalue weighted by molar-refractivity contribution is -0.354. The number of nitrogens with zero attached hydrogens (tertiary/aromatic N) is 1. The van der Waals surface area contributed by atoms with Gasteiger partial charge in [-0.1, -0.05) is 12.0 Å². The lowest BCUT2D eigenvalue weighted by Gasteiger charge is -2.26. The van der Waals surface area contributed by atoms with Crippen LogP contribution in [0.2, 0.25) is 0 Å². The van der Waals surface area contributed by atoms with E-state index in [1.54, 1.807) is 38.3 Å². The molecular formula is C15H20N2O6. The van der Waals surface area contributed by atoms with Gasteiger partial charge < -0.3 is 29.8 Å². The Morgan fingerprint density at radius 2 is 2.17 bits per heavy atom. The fourth-order valence-electron chi connectivity index (χ4n) is 2.10. The molecule has 3 N–H and O–H groups in total. The molecule has 1 heterocycles. The predicted molar refractivity (Wildman–Crippen MR) is 80.5 cm³/mol. The Labute approximate surface area is 133 Å². The highest BCUT2D eigenvalue weighted by molar-refractivity contribution is 5.69. The van der Waals surface area contributed by atoms with E-state index in [-0.39, 0.29) is 13.0 Å². The van der Waals surface area contributed by atoms with Crippen molar-refractivity contribution < 1.29 is 29.3 Å². The lowest BCUT2D eigenvalue weighted by atomic mass is 10.1. The summed E-state index contributed by atoms with van der Waals surface area (Å²) in [7, 11) is 3.08. The van der Waals surface area contributed by atoms with Crippen LogP contribution in [0, 0.1) is 0 Å². The van der Waals surface area contributed by atoms with Gasteiger partial charge >= 0.3 is 12.0 Å². The summed E-state index contributed by atoms with van der Waals surface area (Å²) >= 11 is 0. The van der Waals surface area contributed by atoms with Crippen LogP contribution in [0.3, 0.4) is 0 Å². The van der Waals surface area contributed by atoms with Crippen molar-refractivity contribution in [3.8, 4) is 11.5 Å². The molecule has 0 aliphatic carbocycles. The van der Waals surface area contributed by atoms with Crippen molar-refractivity contribution in [2.24, 2.45) is 0 Å². The first-order chi connectivity index (χ1) is 10.9. The SMILES string of the molecule is CCC(=O)OC1(O)N/C(=C\c2ccc(OC)cc2OC)CN1O. The standard InChI is InChI=1S/C15H20N2O6/c1-4-14(18)23-15(19)16-11(9-17(15)20)7-10-5-6-12(21-2)8-13(10)22-3/h5-8,16,19-20H,4,9H2,1-3H3/b11-7-. The minimum Gasteiger partial charge on any atom is -0.497 e. The van der Waals surface area contributed by atoms with Crippen LogP contribution in [0.4, 0.5) is 0 Å². The molecule has 126 valence electrons. The molecule has 0 spiro atoms. The highest BCUT2D eigenvalue weighted by atomic mass is 16.7. The monoisotopic (exact) mass is 324 g/mol. The molecule has 1 atom stereocenters. The van der Waals surface area contributed by atoms with E-state index in [0.29, 0.717) is 27.8 Å². The van der Waals surface area contributed by atoms with Gasteiger partial charge in [-0.3, -0.25) is 4.79 Å². The molecule has 0 bridgehead atoms. The molecule has 1 aliphatic heterocycles. The fraction of sp³-hybridized carbons (Fsp3) is 0.400. The van der Waals surface area contributed by atoms with Gasteiger partial charge in [-0.15, -0.1) is 0 Å². The molecule has 1 saturated heterocycles. The summed E-state index contributed by atoms with van der Waals surface area (Å²) in [6, 6.07) is 2.95. The van der Waals surface area contributed by atoms with Crippen LogP contribution >= 0.6 is 0 Å². The number of rotatable bonds is 5. The van der Waals surface area contributed by atoms with Gasteiger partial charge in [-0.2, -0.15) is 0 Å². The van der Waals surface area contributed by atoms with Crippen LogP contribution in [0.15, 0.2) is 23.9 Å². The van der Waals surface area contributed by atoms with E-state index in [1.165, 1.54) is 7.11 Å². The summed E-state index contributed by atoms with van der Waals surface area (Å²) in [4.78, 5) is 11.3. The Balaban J connectivity index is 2.23. The Hall–Kier alpha value is -2.29. The maximum Gasteiger partial charge on any atom is 0.384 e. The number of hydrogen-bond acceptors (Lipinski definition) is 8. The zero-order chi connectivity index (χ0) is 17.0. The first-order valence-corrected chi connectivity index (χ1v) is 7.03. The van der Waals surface area contributed by atoms with Gasteiger partial charge in [0, 0.05) is 23.7 Å². The normalized spacial score (nSPS) is 22.7. The van der Waals surface area contributed by atoms with Gasteiger partial charge in [0.05, 0.1) is 20.8 Å². The minimum atomic E-state index is -2.28. The van der Waals surface area contributed by atoms with Gasteiger partial charge in [-0.05, 0) is 18.2 Å². The van der Waals surface area contributed by atoms with Crippen molar-refractivity contribution >= 4 is 12.0 Å². The molecule has 8 nitrogen and oxygen atoms in total. The Morgan fingerprint density at radius 3 is 2.78 bits per heavy atom. The average molecular weight is 324 g/mol. The van der Waals surface area contributed by atoms with Crippen molar-refractivity contribution in [1.29, 1.82) is 0 Å². The highest BCUT2D eigenvalue weighted by Crippen LogP contribution is 2.28. The smallest absolute Gasteiger partial charge is 0.384 e. The molecule has 1 aromatic carbocycles. The second-order valence-corrected chi connectivity index (χ2v) is 4.90. The molecule has 0 aromatic heterocycles. The van der Waals surface area contributed by atoms with Gasteiger partial charge in [0.2, 0.25) is 0 Å². The Kier molecular flexibility index (Phi) is 5.09. The molecule has 1 aliphatic rings. The number of ether oxygens (including phenoxy) is 3. The van der Waals surface area contributed by atoms with Crippen LogP contribution in [-0.2, 0) is 9.53 Å². The quantitative estimate of drug-likeness (QED) is 0.542. The summed E-state index contributed by atoms with van der Waals surface area (Å²) < 4.78 is 15.2. The number of esters is 1. The van der Waals surface area contributed by atoms with Crippen molar-refractivity contribution in [2.45, 2.75) is 19.4 Å². The minimum absolute atomic E-state index is 0.0529. The van der Waals surface area contributed by atoms with Crippen LogP contribution in [0.1, 0.15) is 18.9 Å². The molecule has 23 heavy (non-hydrogen) atoms. The van der Waals surface area contributed by atoms with Crippen LogP contribution in [0.25, 0.3) is 6.08 Å². The predicted octanol–water partition coefficient (Wildman–Crippen LogP) is 0.896. The zero-order valence-electron chi connectivity index (χ0n) is 13.2. The summed E-state index contributed by atoms with van der Waals surface area (Å²) in [6.45, 7) is 1.53. The summed E-state index contributed by atoms with van der Waals surface area (Å²) in [5, 5.41) is 23.0. The maximum atomic E-state index is 11.3. The highest BCUT2D eigenvalue weighted by Gasteiger charge is 2.45. The third kappa shape index (κ3) is 3.73. The summed E-state index contributed by atoms with van der Waals surface area (Å²) in [5.74, 6) is 0.548. The van der Waals surface area contributed by atoms with Crippen LogP contribution < -0.4 is 14.8 Å². The van der Waals surface area contributed by atoms with Crippen molar-refractivity contribution in [3.63, 3.8) is 0 Å². The maximum absolute atomic E-state index is 11.3. The number of nitrogens with one attached hydrogen (secondary N) is 1. The van der Waals surface area contributed by atoms with Gasteiger partial charge in [0.15, 0.2) is 0 Å². The van der Waals surface area contributed by atoms with Gasteiger partial charge in [0.1, 0.15) is 11.5 Å². The van der Waals surface area contributed by atoms with E-state index in [9.17, 15) is 15.1 Å². The number of hydrogen-bond donors (Lipinski definition) is 3. The molecule has 0 radical (unpaired) electrons. The number of aliphatic hydroxyl groups is 1. The molecule has 1 unspecified atom stereocenters. The molecular weight excluding hydrogens is 304 g/mol. The number of hydroxylamine groups is 2. The third-order valence-electron chi connectivity index (χ3n) is 3.31. The Bertz CT molecular complexity index is 618. The summed E-state index contributed by atoms with van der Waals surface area (Å²) in [5.41, 5.74) is 1.15. The molecule has 0 saturated carbocycles. The third-order valence-corrected chi connectivity index (χ3v) is 3.31. The number of carbonyl (C=O) groups excluding carboxylic acids is 1. The van der Waals surface area contributed by atoms with Crippen LogP contribution in [-0.4, -0.2) is 48.1 Å². The number of benzene rings is 1. The zero-order valence-corrected chi connectivity index (χ0v) is 13.2. The number of methoxy groups -OCH3 is 2. The number of carbonyl (C=O) groups is 1. The van der Waals surface area contributed by atoms with Crippen molar-refractivity contribution in [1.82, 2.24) is 10.4 Å². The molecule has 8 heteroatoms. The first-order valence-electron chi connectivity index (χ1n) is 7.03. The van der Waals surface area contributed by atoms with E-state index in [4.69, 9.17) is 14.2 Å². The van der Waals surface area contributed by atoms with E-state index in [0.717, 1.165) is 0 Å². The summed E-state index contributed by atoms with van der Waals surface area (Å²) in [6.07, 6.45) is 1.74. The molecule has 2 rings (SSSR count). The van der Waals surface area contributed by atoms with E-state index >= 15 is 0 Å². The van der Waals surface area contributed by atoms with E-state index < -0.39 is 12.0 Å². The second-order valence-electron chi connectivity index (χ2n) is 4.90. The fourth-order valence-corrected chi connectivity index (χ4v) is 2.10. The molecule has 1 aromatic rings. The van der Waals surface area contributed by atoms with Gasteiger partial charge in [-0.25, -0.2) is 0 Å². The van der Waals surface area contributed by atoms with E-state index in [2.05, 4.69) is 5.32 Å². The van der Waals surface area contributed by atoms with Gasteiger partial charge in [0.25, 0.3) is 0 Å². The van der Waals surface area contributed by atoms with E-state index in [1.807, 2.05) is 0 Å². The topological polar surface area (TPSA) is 100 Å². The molecule has 0 amide bonds. The average Bonchev–Trinajstić information content (AvgIpc) is 2.81. The lowest BCUT2D eigenvalue weighted by Crippen LogP contribution is -2.53. The Morgan fingerprint density at radius 1 is 1.43 bits per heavy atom. The first kappa shape index (κ1) is 17.1.